The first-order valence-electron chi connectivity index (χ1n) is 10.6. The van der Waals surface area contributed by atoms with Crippen molar-refractivity contribution in [3.63, 3.8) is 0 Å². The lowest BCUT2D eigenvalue weighted by atomic mass is 9.84. The van der Waals surface area contributed by atoms with E-state index in [2.05, 4.69) is 77.7 Å². The van der Waals surface area contributed by atoms with Crippen molar-refractivity contribution in [2.45, 2.75) is 6.04 Å². The summed E-state index contributed by atoms with van der Waals surface area (Å²) in [5, 5.41) is 0. The second kappa shape index (κ2) is 8.31. The van der Waals surface area contributed by atoms with Gasteiger partial charge in [0.2, 0.25) is 0 Å². The Morgan fingerprint density at radius 1 is 0.625 bits per heavy atom. The molecule has 4 aromatic carbocycles. The van der Waals surface area contributed by atoms with E-state index >= 15 is 0 Å². The molecule has 0 N–H and O–H groups in total. The van der Waals surface area contributed by atoms with Crippen molar-refractivity contribution in [3.8, 4) is 28.4 Å². The number of methoxy groups -OCH3 is 3. The van der Waals surface area contributed by atoms with Crippen LogP contribution in [0.15, 0.2) is 91.0 Å². The molecule has 0 aliphatic carbocycles. The molecule has 160 valence electrons. The molecule has 1 atom stereocenters. The summed E-state index contributed by atoms with van der Waals surface area (Å²) < 4.78 is 16.7. The number of rotatable bonds is 5. The van der Waals surface area contributed by atoms with Gasteiger partial charge in [0.1, 0.15) is 5.75 Å². The van der Waals surface area contributed by atoms with Crippen molar-refractivity contribution >= 4 is 11.4 Å². The average molecular weight is 424 g/mol. The highest BCUT2D eigenvalue weighted by Crippen LogP contribution is 2.53. The van der Waals surface area contributed by atoms with Crippen molar-refractivity contribution in [2.75, 3.05) is 26.2 Å². The number of anilines is 2. The first kappa shape index (κ1) is 20.0. The van der Waals surface area contributed by atoms with Gasteiger partial charge < -0.3 is 19.1 Å². The van der Waals surface area contributed by atoms with E-state index in [9.17, 15) is 0 Å². The molecular weight excluding hydrogens is 398 g/mol. The molecule has 0 saturated heterocycles. The first-order chi connectivity index (χ1) is 15.7. The van der Waals surface area contributed by atoms with Gasteiger partial charge in [-0.25, -0.2) is 0 Å². The van der Waals surface area contributed by atoms with Crippen LogP contribution in [0.5, 0.6) is 17.2 Å². The third-order valence-corrected chi connectivity index (χ3v) is 6.03. The molecule has 1 aliphatic heterocycles. The molecule has 0 radical (unpaired) electrons. The van der Waals surface area contributed by atoms with Gasteiger partial charge >= 0.3 is 0 Å². The highest BCUT2D eigenvalue weighted by molar-refractivity contribution is 5.91. The Morgan fingerprint density at radius 2 is 1.28 bits per heavy atom. The van der Waals surface area contributed by atoms with E-state index in [0.717, 1.165) is 28.4 Å². The fourth-order valence-electron chi connectivity index (χ4n) is 4.53. The molecule has 4 heteroatoms. The predicted molar refractivity (Wildman–Crippen MR) is 128 cm³/mol. The van der Waals surface area contributed by atoms with Gasteiger partial charge in [-0.15, -0.1) is 0 Å². The number of fused-ring (bicyclic) bond motifs is 3. The smallest absolute Gasteiger partial charge is 0.162 e. The minimum atomic E-state index is -0.00916. The van der Waals surface area contributed by atoms with E-state index < -0.39 is 0 Å². The van der Waals surface area contributed by atoms with E-state index in [1.165, 1.54) is 16.7 Å². The Balaban J connectivity index is 1.81. The molecule has 1 heterocycles. The van der Waals surface area contributed by atoms with Gasteiger partial charge in [0.05, 0.1) is 33.1 Å². The zero-order chi connectivity index (χ0) is 22.1. The van der Waals surface area contributed by atoms with Crippen molar-refractivity contribution in [1.82, 2.24) is 0 Å². The molecule has 32 heavy (non-hydrogen) atoms. The molecule has 1 aliphatic rings. The molecule has 4 nitrogen and oxygen atoms in total. The van der Waals surface area contributed by atoms with E-state index in [1.807, 2.05) is 18.2 Å². The summed E-state index contributed by atoms with van der Waals surface area (Å²) in [5.41, 5.74) is 6.91. The van der Waals surface area contributed by atoms with Gasteiger partial charge in [-0.05, 0) is 47.0 Å². The van der Waals surface area contributed by atoms with Crippen LogP contribution in [0.3, 0.4) is 0 Å². The Kier molecular flexibility index (Phi) is 5.20. The Bertz CT molecular complexity index is 1240. The molecule has 0 spiro atoms. The number of hydrogen-bond donors (Lipinski definition) is 0. The van der Waals surface area contributed by atoms with Crippen molar-refractivity contribution in [3.05, 3.63) is 102 Å². The fourth-order valence-corrected chi connectivity index (χ4v) is 4.53. The maximum atomic E-state index is 5.68. The second-order valence-electron chi connectivity index (χ2n) is 7.69. The molecule has 0 amide bonds. The average Bonchev–Trinajstić information content (AvgIpc) is 2.87. The largest absolute Gasteiger partial charge is 0.497 e. The predicted octanol–water partition coefficient (Wildman–Crippen LogP) is 6.62. The van der Waals surface area contributed by atoms with Crippen LogP contribution in [0, 0.1) is 0 Å². The minimum absolute atomic E-state index is 0.00916. The van der Waals surface area contributed by atoms with Gasteiger partial charge in [-0.2, -0.15) is 0 Å². The van der Waals surface area contributed by atoms with Crippen LogP contribution in [0.2, 0.25) is 0 Å². The minimum Gasteiger partial charge on any atom is -0.497 e. The monoisotopic (exact) mass is 423 g/mol. The fraction of sp³-hybridized carbons (Fsp3) is 0.143. The molecule has 0 fully saturated rings. The van der Waals surface area contributed by atoms with Gasteiger partial charge in [-0.3, -0.25) is 0 Å². The summed E-state index contributed by atoms with van der Waals surface area (Å²) in [4.78, 5) is 2.38. The molecule has 5 rings (SSSR count). The van der Waals surface area contributed by atoms with Crippen LogP contribution in [-0.2, 0) is 0 Å². The number of benzene rings is 4. The maximum absolute atomic E-state index is 5.68. The molecule has 4 aromatic rings. The molecular formula is C28H25NO3. The summed E-state index contributed by atoms with van der Waals surface area (Å²) in [6, 6.07) is 31.5. The van der Waals surface area contributed by atoms with E-state index in [-0.39, 0.29) is 6.04 Å². The summed E-state index contributed by atoms with van der Waals surface area (Å²) in [6.07, 6.45) is 0. The summed E-state index contributed by atoms with van der Waals surface area (Å²) >= 11 is 0. The van der Waals surface area contributed by atoms with Crippen LogP contribution in [0.25, 0.3) is 11.1 Å². The van der Waals surface area contributed by atoms with Gasteiger partial charge in [-0.1, -0.05) is 54.6 Å². The standard InChI is InChI=1S/C28H25NO3/c1-30-21-15-13-19(14-16-21)28-23-12-8-7-11-22(23)24-17-26(31-2)27(32-3)18-25(24)29(28)20-9-5-4-6-10-20/h4-18,28H,1-3H3. The Hall–Kier alpha value is -3.92. The number of ether oxygens (including phenoxy) is 3. The number of para-hydroxylation sites is 1. The van der Waals surface area contributed by atoms with E-state index in [0.29, 0.717) is 5.75 Å². The van der Waals surface area contributed by atoms with E-state index in [4.69, 9.17) is 14.2 Å². The second-order valence-corrected chi connectivity index (χ2v) is 7.69. The summed E-state index contributed by atoms with van der Waals surface area (Å²) in [6.45, 7) is 0. The highest BCUT2D eigenvalue weighted by Gasteiger charge is 2.34. The SMILES string of the molecule is COc1ccc(C2c3ccccc3-c3cc(OC)c(OC)cc3N2c2ccccc2)cc1. The van der Waals surface area contributed by atoms with Crippen molar-refractivity contribution in [1.29, 1.82) is 0 Å². The first-order valence-corrected chi connectivity index (χ1v) is 10.6. The molecule has 0 bridgehead atoms. The van der Waals surface area contributed by atoms with Crippen LogP contribution in [0.4, 0.5) is 11.4 Å². The third kappa shape index (κ3) is 3.25. The van der Waals surface area contributed by atoms with Crippen LogP contribution < -0.4 is 19.1 Å². The third-order valence-electron chi connectivity index (χ3n) is 6.03. The Morgan fingerprint density at radius 3 is 1.97 bits per heavy atom. The maximum Gasteiger partial charge on any atom is 0.162 e. The lowest BCUT2D eigenvalue weighted by molar-refractivity contribution is 0.355. The van der Waals surface area contributed by atoms with Gasteiger partial charge in [0.15, 0.2) is 11.5 Å². The zero-order valence-electron chi connectivity index (χ0n) is 18.4. The quantitative estimate of drug-likeness (QED) is 0.361. The van der Waals surface area contributed by atoms with Crippen LogP contribution in [-0.4, -0.2) is 21.3 Å². The number of nitrogens with zero attached hydrogens (tertiary/aromatic N) is 1. The van der Waals surface area contributed by atoms with Gasteiger partial charge in [0, 0.05) is 17.3 Å². The molecule has 1 unspecified atom stereocenters. The topological polar surface area (TPSA) is 30.9 Å². The van der Waals surface area contributed by atoms with Crippen LogP contribution >= 0.6 is 0 Å². The Labute approximate surface area is 188 Å². The molecule has 0 saturated carbocycles. The summed E-state index contributed by atoms with van der Waals surface area (Å²) in [7, 11) is 5.04. The highest BCUT2D eigenvalue weighted by atomic mass is 16.5. The van der Waals surface area contributed by atoms with Crippen molar-refractivity contribution in [2.24, 2.45) is 0 Å². The number of hydrogen-bond acceptors (Lipinski definition) is 4. The zero-order valence-corrected chi connectivity index (χ0v) is 18.4. The lowest BCUT2D eigenvalue weighted by Gasteiger charge is -2.41. The van der Waals surface area contributed by atoms with Gasteiger partial charge in [0.25, 0.3) is 0 Å². The lowest BCUT2D eigenvalue weighted by Crippen LogP contribution is -2.29. The normalized spacial score (nSPS) is 14.3. The van der Waals surface area contributed by atoms with Crippen molar-refractivity contribution < 1.29 is 14.2 Å². The summed E-state index contributed by atoms with van der Waals surface area (Å²) in [5.74, 6) is 2.27. The van der Waals surface area contributed by atoms with Crippen LogP contribution in [0.1, 0.15) is 17.2 Å². The molecule has 0 aromatic heterocycles. The van der Waals surface area contributed by atoms with E-state index in [1.54, 1.807) is 21.3 Å².